The van der Waals surface area contributed by atoms with Crippen LogP contribution in [0.15, 0.2) is 0 Å². The van der Waals surface area contributed by atoms with Crippen molar-refractivity contribution in [1.29, 1.82) is 0 Å². The lowest BCUT2D eigenvalue weighted by Gasteiger charge is -2.17. The fourth-order valence-electron chi connectivity index (χ4n) is 2.28. The average molecular weight is 242 g/mol. The molecule has 1 aliphatic rings. The Morgan fingerprint density at radius 2 is 2.29 bits per heavy atom. The first-order chi connectivity index (χ1) is 8.15. The molecule has 0 aliphatic carbocycles. The molecule has 4 heteroatoms. The predicted octanol–water partition coefficient (Wildman–Crippen LogP) is 1.26. The summed E-state index contributed by atoms with van der Waals surface area (Å²) < 4.78 is 4.93. The van der Waals surface area contributed by atoms with E-state index < -0.39 is 0 Å². The maximum Gasteiger partial charge on any atom is 0.307 e. The summed E-state index contributed by atoms with van der Waals surface area (Å²) in [5.41, 5.74) is 0. The summed E-state index contributed by atoms with van der Waals surface area (Å²) in [5.74, 6) is 0.633. The summed E-state index contributed by atoms with van der Waals surface area (Å²) >= 11 is 0. The van der Waals surface area contributed by atoms with Gasteiger partial charge in [-0.2, -0.15) is 0 Å². The van der Waals surface area contributed by atoms with Gasteiger partial charge in [-0.15, -0.1) is 0 Å². The van der Waals surface area contributed by atoms with Gasteiger partial charge in [0.05, 0.1) is 13.0 Å². The summed E-state index contributed by atoms with van der Waals surface area (Å²) in [6, 6.07) is 0.213. The third-order valence-electron chi connectivity index (χ3n) is 3.35. The fourth-order valence-corrected chi connectivity index (χ4v) is 2.28. The van der Waals surface area contributed by atoms with Gasteiger partial charge in [0.1, 0.15) is 0 Å². The van der Waals surface area contributed by atoms with E-state index in [2.05, 4.69) is 17.1 Å². The number of carbonyl (C=O) groups is 1. The first kappa shape index (κ1) is 14.5. The third kappa shape index (κ3) is 5.50. The largest absolute Gasteiger partial charge is 0.466 e. The van der Waals surface area contributed by atoms with Crippen LogP contribution < -0.4 is 5.32 Å². The van der Waals surface area contributed by atoms with Crippen molar-refractivity contribution in [2.75, 3.05) is 32.8 Å². The smallest absolute Gasteiger partial charge is 0.307 e. The Morgan fingerprint density at radius 3 is 2.88 bits per heavy atom. The summed E-state index contributed by atoms with van der Waals surface area (Å²) in [6.07, 6.45) is 1.74. The van der Waals surface area contributed by atoms with Crippen molar-refractivity contribution in [2.45, 2.75) is 39.7 Å². The number of nitrogens with one attached hydrogen (secondary N) is 1. The van der Waals surface area contributed by atoms with Crippen molar-refractivity contribution < 1.29 is 9.53 Å². The minimum atomic E-state index is -0.103. The molecule has 0 amide bonds. The highest BCUT2D eigenvalue weighted by Crippen LogP contribution is 2.14. The van der Waals surface area contributed by atoms with E-state index in [0.717, 1.165) is 19.0 Å². The summed E-state index contributed by atoms with van der Waals surface area (Å²) in [6.45, 7) is 11.1. The molecule has 100 valence electrons. The van der Waals surface area contributed by atoms with Gasteiger partial charge in [-0.25, -0.2) is 0 Å². The van der Waals surface area contributed by atoms with E-state index >= 15 is 0 Å². The topological polar surface area (TPSA) is 41.6 Å². The molecule has 1 heterocycles. The van der Waals surface area contributed by atoms with Crippen LogP contribution in [0.5, 0.6) is 0 Å². The number of rotatable bonds is 7. The van der Waals surface area contributed by atoms with Crippen molar-refractivity contribution in [1.82, 2.24) is 10.2 Å². The molecular formula is C13H26N2O2. The summed E-state index contributed by atoms with van der Waals surface area (Å²) in [5, 5.41) is 3.43. The molecule has 0 aromatic rings. The molecule has 1 fully saturated rings. The Balaban J connectivity index is 2.11. The van der Waals surface area contributed by atoms with Crippen molar-refractivity contribution in [3.8, 4) is 0 Å². The van der Waals surface area contributed by atoms with Gasteiger partial charge in [0, 0.05) is 12.6 Å². The maximum atomic E-state index is 11.3. The molecule has 0 aromatic heterocycles. The van der Waals surface area contributed by atoms with Crippen LogP contribution in [0.25, 0.3) is 0 Å². The van der Waals surface area contributed by atoms with E-state index in [9.17, 15) is 4.79 Å². The zero-order valence-electron chi connectivity index (χ0n) is 11.4. The fraction of sp³-hybridized carbons (Fsp3) is 0.923. The molecular weight excluding hydrogens is 216 g/mol. The zero-order valence-corrected chi connectivity index (χ0v) is 11.4. The molecule has 1 N–H and O–H groups in total. The minimum absolute atomic E-state index is 0.103. The van der Waals surface area contributed by atoms with Crippen molar-refractivity contribution >= 4 is 5.97 Å². The van der Waals surface area contributed by atoms with Gasteiger partial charge in [0.2, 0.25) is 0 Å². The second kappa shape index (κ2) is 7.67. The Labute approximate surface area is 105 Å². The number of nitrogens with zero attached hydrogens (tertiary/aromatic N) is 1. The SMILES string of the molecule is CCOC(=O)CC(C)NCC1CCN(CC)C1. The Hall–Kier alpha value is -0.610. The van der Waals surface area contributed by atoms with E-state index in [-0.39, 0.29) is 12.0 Å². The quantitative estimate of drug-likeness (QED) is 0.682. The van der Waals surface area contributed by atoms with Crippen LogP contribution in [-0.4, -0.2) is 49.7 Å². The van der Waals surface area contributed by atoms with Crippen molar-refractivity contribution in [3.05, 3.63) is 0 Å². The highest BCUT2D eigenvalue weighted by atomic mass is 16.5. The molecule has 0 saturated carbocycles. The lowest BCUT2D eigenvalue weighted by atomic mass is 10.1. The van der Waals surface area contributed by atoms with Crippen LogP contribution in [0.3, 0.4) is 0 Å². The van der Waals surface area contributed by atoms with E-state index in [4.69, 9.17) is 4.74 Å². The number of carbonyl (C=O) groups excluding carboxylic acids is 1. The van der Waals surface area contributed by atoms with E-state index in [1.165, 1.54) is 19.5 Å². The van der Waals surface area contributed by atoms with Crippen LogP contribution in [0, 0.1) is 5.92 Å². The van der Waals surface area contributed by atoms with Gasteiger partial charge in [-0.1, -0.05) is 6.92 Å². The van der Waals surface area contributed by atoms with Gasteiger partial charge in [0.25, 0.3) is 0 Å². The molecule has 1 aliphatic heterocycles. The average Bonchev–Trinajstić information content (AvgIpc) is 2.74. The summed E-state index contributed by atoms with van der Waals surface area (Å²) in [7, 11) is 0. The van der Waals surface area contributed by atoms with Crippen LogP contribution in [0.2, 0.25) is 0 Å². The van der Waals surface area contributed by atoms with Crippen LogP contribution >= 0.6 is 0 Å². The van der Waals surface area contributed by atoms with Gasteiger partial charge in [0.15, 0.2) is 0 Å². The third-order valence-corrected chi connectivity index (χ3v) is 3.35. The molecule has 0 spiro atoms. The first-order valence-corrected chi connectivity index (χ1v) is 6.77. The van der Waals surface area contributed by atoms with E-state index in [1.807, 2.05) is 13.8 Å². The highest BCUT2D eigenvalue weighted by molar-refractivity contribution is 5.69. The molecule has 17 heavy (non-hydrogen) atoms. The summed E-state index contributed by atoms with van der Waals surface area (Å²) in [4.78, 5) is 13.8. The molecule has 2 unspecified atom stereocenters. The van der Waals surface area contributed by atoms with Crippen molar-refractivity contribution in [3.63, 3.8) is 0 Å². The monoisotopic (exact) mass is 242 g/mol. The second-order valence-electron chi connectivity index (χ2n) is 4.87. The van der Waals surface area contributed by atoms with Crippen LogP contribution in [0.4, 0.5) is 0 Å². The molecule has 4 nitrogen and oxygen atoms in total. The number of hydrogen-bond acceptors (Lipinski definition) is 4. The second-order valence-corrected chi connectivity index (χ2v) is 4.87. The van der Waals surface area contributed by atoms with Gasteiger partial charge < -0.3 is 15.0 Å². The minimum Gasteiger partial charge on any atom is -0.466 e. The van der Waals surface area contributed by atoms with E-state index in [1.54, 1.807) is 0 Å². The van der Waals surface area contributed by atoms with Crippen LogP contribution in [0.1, 0.15) is 33.6 Å². The molecule has 0 aromatic carbocycles. The number of hydrogen-bond donors (Lipinski definition) is 1. The lowest BCUT2D eigenvalue weighted by molar-refractivity contribution is -0.143. The van der Waals surface area contributed by atoms with E-state index in [0.29, 0.717) is 13.0 Å². The predicted molar refractivity (Wildman–Crippen MR) is 68.9 cm³/mol. The standard InChI is InChI=1S/C13H26N2O2/c1-4-15-7-6-12(10-15)9-14-11(3)8-13(16)17-5-2/h11-12,14H,4-10H2,1-3H3. The molecule has 0 radical (unpaired) electrons. The lowest BCUT2D eigenvalue weighted by Crippen LogP contribution is -2.34. The molecule has 1 rings (SSSR count). The maximum absolute atomic E-state index is 11.3. The highest BCUT2D eigenvalue weighted by Gasteiger charge is 2.21. The molecule has 1 saturated heterocycles. The molecule has 2 atom stereocenters. The van der Waals surface area contributed by atoms with Crippen LogP contribution in [-0.2, 0) is 9.53 Å². The Bertz CT molecular complexity index is 233. The van der Waals surface area contributed by atoms with Gasteiger partial charge in [-0.05, 0) is 45.8 Å². The van der Waals surface area contributed by atoms with Gasteiger partial charge in [-0.3, -0.25) is 4.79 Å². The number of esters is 1. The Morgan fingerprint density at radius 1 is 1.53 bits per heavy atom. The first-order valence-electron chi connectivity index (χ1n) is 6.77. The molecule has 0 bridgehead atoms. The number of likely N-dealkylation sites (tertiary alicyclic amines) is 1. The van der Waals surface area contributed by atoms with Gasteiger partial charge >= 0.3 is 5.97 Å². The Kier molecular flexibility index (Phi) is 6.52. The normalized spacial score (nSPS) is 22.6. The zero-order chi connectivity index (χ0) is 12.7. The number of ether oxygens (including phenoxy) is 1. The van der Waals surface area contributed by atoms with Crippen molar-refractivity contribution in [2.24, 2.45) is 5.92 Å².